The maximum atomic E-state index is 12.7. The average molecular weight is 363 g/mol. The number of piperidine rings is 1. The molecule has 1 aliphatic heterocycles. The molecular weight excluding hydrogens is 334 g/mol. The fourth-order valence-corrected chi connectivity index (χ4v) is 3.78. The second-order valence-corrected chi connectivity index (χ2v) is 7.24. The van der Waals surface area contributed by atoms with Crippen molar-refractivity contribution in [2.75, 3.05) is 26.3 Å². The van der Waals surface area contributed by atoms with Crippen molar-refractivity contribution in [3.05, 3.63) is 26.7 Å². The summed E-state index contributed by atoms with van der Waals surface area (Å²) in [5.74, 6) is 1.49. The van der Waals surface area contributed by atoms with Gasteiger partial charge in [0.25, 0.3) is 5.56 Å². The van der Waals surface area contributed by atoms with E-state index in [-0.39, 0.29) is 11.2 Å². The molecule has 144 valence electrons. The molecule has 0 N–H and O–H groups in total. The van der Waals surface area contributed by atoms with E-state index < -0.39 is 0 Å². The van der Waals surface area contributed by atoms with Gasteiger partial charge in [-0.1, -0.05) is 6.92 Å². The normalized spacial score (nSPS) is 18.7. The first-order valence-corrected chi connectivity index (χ1v) is 9.39. The predicted molar refractivity (Wildman–Crippen MR) is 100 cm³/mol. The smallest absolute Gasteiger partial charge is 0.332 e. The number of fused-ring (bicyclic) bond motifs is 1. The van der Waals surface area contributed by atoms with Gasteiger partial charge in [0.2, 0.25) is 0 Å². The summed E-state index contributed by atoms with van der Waals surface area (Å²) in [6, 6.07) is 0. The topological polar surface area (TPSA) is 74.3 Å². The van der Waals surface area contributed by atoms with Crippen molar-refractivity contribution in [3.8, 4) is 0 Å². The molecule has 0 radical (unpaired) electrons. The molecule has 3 heterocycles. The van der Waals surface area contributed by atoms with Crippen molar-refractivity contribution >= 4 is 11.2 Å². The monoisotopic (exact) mass is 363 g/mol. The van der Waals surface area contributed by atoms with Gasteiger partial charge in [0.05, 0.1) is 13.2 Å². The molecule has 0 spiro atoms. The SMILES string of the molecule is CCOCCn1c(CN2CCCC(C)C2)nc2c1c(=O)n(C)c(=O)n2C. The Morgan fingerprint density at radius 2 is 2.00 bits per heavy atom. The van der Waals surface area contributed by atoms with Crippen LogP contribution in [0.4, 0.5) is 0 Å². The first-order chi connectivity index (χ1) is 12.4. The second-order valence-electron chi connectivity index (χ2n) is 7.24. The third kappa shape index (κ3) is 3.48. The summed E-state index contributed by atoms with van der Waals surface area (Å²) in [7, 11) is 3.17. The fraction of sp³-hybridized carbons (Fsp3) is 0.722. The number of imidazole rings is 1. The summed E-state index contributed by atoms with van der Waals surface area (Å²) in [5.41, 5.74) is 0.282. The summed E-state index contributed by atoms with van der Waals surface area (Å²) >= 11 is 0. The van der Waals surface area contributed by atoms with Gasteiger partial charge in [-0.05, 0) is 32.2 Å². The Balaban J connectivity index is 2.07. The zero-order valence-electron chi connectivity index (χ0n) is 16.2. The molecule has 0 saturated carbocycles. The van der Waals surface area contributed by atoms with Crippen molar-refractivity contribution in [3.63, 3.8) is 0 Å². The van der Waals surface area contributed by atoms with Crippen LogP contribution in [0.1, 0.15) is 32.5 Å². The van der Waals surface area contributed by atoms with Gasteiger partial charge in [0.1, 0.15) is 5.82 Å². The third-order valence-corrected chi connectivity index (χ3v) is 5.20. The van der Waals surface area contributed by atoms with Gasteiger partial charge in [0, 0.05) is 33.8 Å². The highest BCUT2D eigenvalue weighted by molar-refractivity contribution is 5.71. The molecule has 1 saturated heterocycles. The maximum Gasteiger partial charge on any atom is 0.332 e. The molecule has 0 aromatic carbocycles. The average Bonchev–Trinajstić information content (AvgIpc) is 2.97. The zero-order valence-corrected chi connectivity index (χ0v) is 16.2. The minimum Gasteiger partial charge on any atom is -0.380 e. The first-order valence-electron chi connectivity index (χ1n) is 9.39. The summed E-state index contributed by atoms with van der Waals surface area (Å²) < 4.78 is 10.0. The lowest BCUT2D eigenvalue weighted by molar-refractivity contribution is 0.136. The summed E-state index contributed by atoms with van der Waals surface area (Å²) in [6.07, 6.45) is 2.44. The number of hydrogen-bond acceptors (Lipinski definition) is 5. The molecule has 3 rings (SSSR count). The number of aromatic nitrogens is 4. The van der Waals surface area contributed by atoms with Gasteiger partial charge >= 0.3 is 5.69 Å². The Morgan fingerprint density at radius 1 is 1.23 bits per heavy atom. The van der Waals surface area contributed by atoms with E-state index in [1.54, 1.807) is 7.05 Å². The lowest BCUT2D eigenvalue weighted by atomic mass is 10.0. The number of nitrogens with zero attached hydrogens (tertiary/aromatic N) is 5. The van der Waals surface area contributed by atoms with Crippen molar-refractivity contribution in [2.24, 2.45) is 20.0 Å². The molecular formula is C18H29N5O3. The van der Waals surface area contributed by atoms with Crippen LogP contribution in [0.2, 0.25) is 0 Å². The molecule has 1 fully saturated rings. The van der Waals surface area contributed by atoms with Gasteiger partial charge in [0.15, 0.2) is 11.2 Å². The van der Waals surface area contributed by atoms with Crippen LogP contribution in [-0.2, 0) is 31.9 Å². The molecule has 0 bridgehead atoms. The molecule has 1 aliphatic rings. The van der Waals surface area contributed by atoms with Crippen LogP contribution in [-0.4, -0.2) is 49.9 Å². The highest BCUT2D eigenvalue weighted by atomic mass is 16.5. The maximum absolute atomic E-state index is 12.7. The van der Waals surface area contributed by atoms with Crippen LogP contribution in [0, 0.1) is 5.92 Å². The molecule has 2 aromatic rings. The first kappa shape index (κ1) is 18.8. The van der Waals surface area contributed by atoms with Crippen molar-refractivity contribution < 1.29 is 4.74 Å². The Kier molecular flexibility index (Phi) is 5.62. The summed E-state index contributed by atoms with van der Waals surface area (Å²) in [4.78, 5) is 32.1. The second kappa shape index (κ2) is 7.75. The van der Waals surface area contributed by atoms with E-state index in [0.717, 1.165) is 23.5 Å². The minimum absolute atomic E-state index is 0.301. The Bertz CT molecular complexity index is 895. The Labute approximate surface area is 153 Å². The minimum atomic E-state index is -0.352. The van der Waals surface area contributed by atoms with Gasteiger partial charge in [-0.15, -0.1) is 0 Å². The molecule has 26 heavy (non-hydrogen) atoms. The highest BCUT2D eigenvalue weighted by Gasteiger charge is 2.22. The largest absolute Gasteiger partial charge is 0.380 e. The van der Waals surface area contributed by atoms with Crippen LogP contribution >= 0.6 is 0 Å². The van der Waals surface area contributed by atoms with Gasteiger partial charge in [-0.3, -0.25) is 18.8 Å². The molecule has 0 amide bonds. The van der Waals surface area contributed by atoms with E-state index in [1.807, 2.05) is 11.5 Å². The molecule has 1 unspecified atom stereocenters. The van der Waals surface area contributed by atoms with Crippen molar-refractivity contribution in [1.82, 2.24) is 23.6 Å². The van der Waals surface area contributed by atoms with Crippen LogP contribution in [0.3, 0.4) is 0 Å². The Morgan fingerprint density at radius 3 is 2.69 bits per heavy atom. The van der Waals surface area contributed by atoms with Crippen LogP contribution < -0.4 is 11.2 Å². The van der Waals surface area contributed by atoms with Crippen LogP contribution in [0.15, 0.2) is 9.59 Å². The molecule has 0 aliphatic carbocycles. The lowest BCUT2D eigenvalue weighted by Crippen LogP contribution is -2.37. The van der Waals surface area contributed by atoms with Crippen molar-refractivity contribution in [1.29, 1.82) is 0 Å². The standard InChI is InChI=1S/C18H29N5O3/c1-5-26-10-9-23-14(12-22-8-6-7-13(2)11-22)19-16-15(23)17(24)21(4)18(25)20(16)3/h13H,5-12H2,1-4H3. The fourth-order valence-electron chi connectivity index (χ4n) is 3.78. The summed E-state index contributed by atoms with van der Waals surface area (Å²) in [6.45, 7) is 8.66. The summed E-state index contributed by atoms with van der Waals surface area (Å²) in [5, 5.41) is 0. The van der Waals surface area contributed by atoms with E-state index in [4.69, 9.17) is 4.74 Å². The van der Waals surface area contributed by atoms with Crippen molar-refractivity contribution in [2.45, 2.75) is 39.8 Å². The van der Waals surface area contributed by atoms with E-state index in [2.05, 4.69) is 16.8 Å². The van der Waals surface area contributed by atoms with Crippen LogP contribution in [0.5, 0.6) is 0 Å². The molecule has 8 heteroatoms. The zero-order chi connectivity index (χ0) is 18.8. The van der Waals surface area contributed by atoms with Crippen LogP contribution in [0.25, 0.3) is 11.2 Å². The van der Waals surface area contributed by atoms with E-state index >= 15 is 0 Å². The number of rotatable bonds is 6. The van der Waals surface area contributed by atoms with E-state index in [0.29, 0.717) is 43.4 Å². The predicted octanol–water partition coefficient (Wildman–Crippen LogP) is 0.702. The third-order valence-electron chi connectivity index (χ3n) is 5.20. The highest BCUT2D eigenvalue weighted by Crippen LogP contribution is 2.19. The van der Waals surface area contributed by atoms with Gasteiger partial charge in [-0.2, -0.15) is 0 Å². The number of hydrogen-bond donors (Lipinski definition) is 0. The van der Waals surface area contributed by atoms with Gasteiger partial charge in [-0.25, -0.2) is 9.78 Å². The number of ether oxygens (including phenoxy) is 1. The molecule has 8 nitrogen and oxygen atoms in total. The van der Waals surface area contributed by atoms with Gasteiger partial charge < -0.3 is 9.30 Å². The van der Waals surface area contributed by atoms with E-state index in [9.17, 15) is 9.59 Å². The lowest BCUT2D eigenvalue weighted by Gasteiger charge is -2.30. The molecule has 1 atom stereocenters. The Hall–Kier alpha value is -1.93. The van der Waals surface area contributed by atoms with E-state index in [1.165, 1.54) is 24.5 Å². The number of aryl methyl sites for hydroxylation is 1. The molecule has 2 aromatic heterocycles. The quantitative estimate of drug-likeness (QED) is 0.707. The number of likely N-dealkylation sites (tertiary alicyclic amines) is 1.